The van der Waals surface area contributed by atoms with E-state index in [-0.39, 0.29) is 17.3 Å². The van der Waals surface area contributed by atoms with E-state index in [9.17, 15) is 14.9 Å². The highest BCUT2D eigenvalue weighted by atomic mass is 16.6. The van der Waals surface area contributed by atoms with Crippen LogP contribution in [0.2, 0.25) is 0 Å². The highest BCUT2D eigenvalue weighted by Crippen LogP contribution is 2.21. The number of pyridine rings is 1. The molecule has 0 unspecified atom stereocenters. The summed E-state index contributed by atoms with van der Waals surface area (Å²) in [6.07, 6.45) is 2.88. The first kappa shape index (κ1) is 13.5. The van der Waals surface area contributed by atoms with Crippen LogP contribution < -0.4 is 10.6 Å². The number of non-ortho nitro benzene ring substituents is 1. The summed E-state index contributed by atoms with van der Waals surface area (Å²) < 4.78 is 0. The van der Waals surface area contributed by atoms with Gasteiger partial charge < -0.3 is 10.6 Å². The lowest BCUT2D eigenvalue weighted by Gasteiger charge is -2.17. The van der Waals surface area contributed by atoms with Crippen molar-refractivity contribution in [2.24, 2.45) is 0 Å². The maximum absolute atomic E-state index is 12.3. The second-order valence-electron chi connectivity index (χ2n) is 4.10. The van der Waals surface area contributed by atoms with Crippen molar-refractivity contribution in [1.82, 2.24) is 4.98 Å². The number of nitrogens with zero attached hydrogens (tertiary/aromatic N) is 3. The predicted octanol–water partition coefficient (Wildman–Crippen LogP) is 1.85. The zero-order chi connectivity index (χ0) is 14.7. The van der Waals surface area contributed by atoms with Crippen molar-refractivity contribution in [3.63, 3.8) is 0 Å². The Labute approximate surface area is 114 Å². The normalized spacial score (nSPS) is 10.1. The van der Waals surface area contributed by atoms with Gasteiger partial charge >= 0.3 is 0 Å². The summed E-state index contributed by atoms with van der Waals surface area (Å²) in [5.74, 6) is -0.307. The Hall–Kier alpha value is -2.96. The van der Waals surface area contributed by atoms with Gasteiger partial charge in [-0.25, -0.2) is 0 Å². The minimum Gasteiger partial charge on any atom is -0.397 e. The summed E-state index contributed by atoms with van der Waals surface area (Å²) in [7, 11) is 1.57. The number of amides is 1. The van der Waals surface area contributed by atoms with Crippen molar-refractivity contribution in [1.29, 1.82) is 0 Å². The summed E-state index contributed by atoms with van der Waals surface area (Å²) in [5, 5.41) is 10.6. The summed E-state index contributed by atoms with van der Waals surface area (Å²) in [4.78, 5) is 27.5. The van der Waals surface area contributed by atoms with Gasteiger partial charge in [0.05, 0.1) is 22.4 Å². The summed E-state index contributed by atoms with van der Waals surface area (Å²) >= 11 is 0. The van der Waals surface area contributed by atoms with E-state index in [4.69, 9.17) is 5.73 Å². The third-order valence-electron chi connectivity index (χ3n) is 2.83. The monoisotopic (exact) mass is 272 g/mol. The SMILES string of the molecule is CN(C(=O)c1ccncc1N)c1ccc([N+](=O)[O-])cc1. The number of nitro groups is 1. The Kier molecular flexibility index (Phi) is 3.60. The molecule has 1 aromatic heterocycles. The highest BCUT2D eigenvalue weighted by Gasteiger charge is 2.16. The van der Waals surface area contributed by atoms with E-state index in [1.54, 1.807) is 7.05 Å². The fourth-order valence-electron chi connectivity index (χ4n) is 1.70. The molecule has 1 aromatic carbocycles. The first-order chi connectivity index (χ1) is 9.50. The zero-order valence-electron chi connectivity index (χ0n) is 10.7. The quantitative estimate of drug-likeness (QED) is 0.678. The standard InChI is InChI=1S/C13H12N4O3/c1-16(9-2-4-10(5-3-9)17(19)20)13(18)11-6-7-15-8-12(11)14/h2-8H,14H2,1H3. The number of anilines is 2. The molecular formula is C13H12N4O3. The van der Waals surface area contributed by atoms with Gasteiger partial charge in [0.1, 0.15) is 0 Å². The van der Waals surface area contributed by atoms with Gasteiger partial charge in [-0.1, -0.05) is 0 Å². The van der Waals surface area contributed by atoms with Crippen molar-refractivity contribution in [3.8, 4) is 0 Å². The van der Waals surface area contributed by atoms with E-state index in [1.807, 2.05) is 0 Å². The third-order valence-corrected chi connectivity index (χ3v) is 2.83. The molecule has 0 fully saturated rings. The smallest absolute Gasteiger partial charge is 0.269 e. The van der Waals surface area contributed by atoms with Crippen molar-refractivity contribution >= 4 is 23.0 Å². The Morgan fingerprint density at radius 3 is 2.50 bits per heavy atom. The molecule has 0 aliphatic heterocycles. The average molecular weight is 272 g/mol. The van der Waals surface area contributed by atoms with Crippen LogP contribution in [0.4, 0.5) is 17.1 Å². The van der Waals surface area contributed by atoms with Crippen LogP contribution in [0, 0.1) is 10.1 Å². The largest absolute Gasteiger partial charge is 0.397 e. The molecule has 7 heteroatoms. The van der Waals surface area contributed by atoms with Gasteiger partial charge in [0.25, 0.3) is 11.6 Å². The number of carbonyl (C=O) groups is 1. The molecular weight excluding hydrogens is 260 g/mol. The molecule has 2 rings (SSSR count). The van der Waals surface area contributed by atoms with Gasteiger partial charge in [-0.15, -0.1) is 0 Å². The number of carbonyl (C=O) groups excluding carboxylic acids is 1. The molecule has 0 saturated heterocycles. The van der Waals surface area contributed by atoms with Gasteiger partial charge in [-0.05, 0) is 18.2 Å². The van der Waals surface area contributed by atoms with Crippen molar-refractivity contribution in [2.45, 2.75) is 0 Å². The fraction of sp³-hybridized carbons (Fsp3) is 0.0769. The predicted molar refractivity (Wildman–Crippen MR) is 74.5 cm³/mol. The van der Waals surface area contributed by atoms with Crippen LogP contribution in [0.3, 0.4) is 0 Å². The third kappa shape index (κ3) is 2.56. The van der Waals surface area contributed by atoms with Crippen molar-refractivity contribution in [3.05, 3.63) is 58.4 Å². The number of nitrogens with two attached hydrogens (primary N) is 1. The first-order valence-corrected chi connectivity index (χ1v) is 5.72. The van der Waals surface area contributed by atoms with Crippen molar-refractivity contribution < 1.29 is 9.72 Å². The summed E-state index contributed by atoms with van der Waals surface area (Å²) in [6, 6.07) is 7.23. The van der Waals surface area contributed by atoms with Crippen molar-refractivity contribution in [2.75, 3.05) is 17.7 Å². The van der Waals surface area contributed by atoms with Crippen LogP contribution >= 0.6 is 0 Å². The first-order valence-electron chi connectivity index (χ1n) is 5.72. The molecule has 0 spiro atoms. The topological polar surface area (TPSA) is 102 Å². The highest BCUT2D eigenvalue weighted by molar-refractivity contribution is 6.08. The molecule has 0 atom stereocenters. The van der Waals surface area contributed by atoms with E-state index in [0.717, 1.165) is 0 Å². The number of benzene rings is 1. The number of hydrogen-bond donors (Lipinski definition) is 1. The van der Waals surface area contributed by atoms with Gasteiger partial charge in [0.2, 0.25) is 0 Å². The molecule has 2 aromatic rings. The maximum atomic E-state index is 12.3. The number of nitro benzene ring substituents is 1. The molecule has 1 heterocycles. The molecule has 0 radical (unpaired) electrons. The molecule has 0 saturated carbocycles. The Bertz CT molecular complexity index is 655. The Morgan fingerprint density at radius 1 is 1.30 bits per heavy atom. The lowest BCUT2D eigenvalue weighted by Crippen LogP contribution is -2.27. The number of rotatable bonds is 3. The maximum Gasteiger partial charge on any atom is 0.269 e. The molecule has 0 aliphatic carbocycles. The van der Waals surface area contributed by atoms with Crippen LogP contribution in [0.1, 0.15) is 10.4 Å². The lowest BCUT2D eigenvalue weighted by molar-refractivity contribution is -0.384. The van der Waals surface area contributed by atoms with E-state index in [0.29, 0.717) is 11.3 Å². The van der Waals surface area contributed by atoms with Crippen LogP contribution in [-0.4, -0.2) is 22.9 Å². The summed E-state index contributed by atoms with van der Waals surface area (Å²) in [6.45, 7) is 0. The minimum atomic E-state index is -0.494. The van der Waals surface area contributed by atoms with Gasteiger partial charge in [0, 0.05) is 31.1 Å². The van der Waals surface area contributed by atoms with Crippen LogP contribution in [0.15, 0.2) is 42.7 Å². The van der Waals surface area contributed by atoms with Crippen LogP contribution in [0.25, 0.3) is 0 Å². The molecule has 7 nitrogen and oxygen atoms in total. The van der Waals surface area contributed by atoms with Gasteiger partial charge in [-0.3, -0.25) is 19.9 Å². The lowest BCUT2D eigenvalue weighted by atomic mass is 10.2. The molecule has 0 aliphatic rings. The van der Waals surface area contributed by atoms with Gasteiger partial charge in [-0.2, -0.15) is 0 Å². The average Bonchev–Trinajstić information content (AvgIpc) is 2.46. The van der Waals surface area contributed by atoms with Crippen LogP contribution in [0.5, 0.6) is 0 Å². The summed E-state index contributed by atoms with van der Waals surface area (Å²) in [5.41, 5.74) is 6.83. The Balaban J connectivity index is 2.27. The molecule has 0 bridgehead atoms. The zero-order valence-corrected chi connectivity index (χ0v) is 10.7. The molecule has 2 N–H and O–H groups in total. The van der Waals surface area contributed by atoms with E-state index < -0.39 is 4.92 Å². The molecule has 20 heavy (non-hydrogen) atoms. The molecule has 1 amide bonds. The fourth-order valence-corrected chi connectivity index (χ4v) is 1.70. The van der Waals surface area contributed by atoms with E-state index >= 15 is 0 Å². The molecule has 102 valence electrons. The Morgan fingerprint density at radius 2 is 1.95 bits per heavy atom. The van der Waals surface area contributed by atoms with Gasteiger partial charge in [0.15, 0.2) is 0 Å². The number of hydrogen-bond acceptors (Lipinski definition) is 5. The minimum absolute atomic E-state index is 0.0296. The van der Waals surface area contributed by atoms with E-state index in [1.165, 1.54) is 47.6 Å². The second kappa shape index (κ2) is 5.35. The number of aromatic nitrogens is 1. The van der Waals surface area contributed by atoms with Crippen LogP contribution in [-0.2, 0) is 0 Å². The number of nitrogen functional groups attached to an aromatic ring is 1. The van der Waals surface area contributed by atoms with E-state index in [2.05, 4.69) is 4.98 Å². The second-order valence-corrected chi connectivity index (χ2v) is 4.10.